The van der Waals surface area contributed by atoms with Crippen molar-refractivity contribution in [3.8, 4) is 11.5 Å². The zero-order valence-corrected chi connectivity index (χ0v) is 35.9. The summed E-state index contributed by atoms with van der Waals surface area (Å²) >= 11 is 0. The Labute approximate surface area is 347 Å². The molecule has 5 N–H and O–H groups in total. The molecule has 13 nitrogen and oxygen atoms in total. The Morgan fingerprint density at radius 1 is 0.847 bits per heavy atom. The Hall–Kier alpha value is -4.90. The molecule has 0 aromatic heterocycles. The minimum atomic E-state index is -4.64. The van der Waals surface area contributed by atoms with E-state index >= 15 is 0 Å². The largest absolute Gasteiger partial charge is 0.456 e. The number of ketones is 2. The lowest BCUT2D eigenvalue weighted by Gasteiger charge is -2.28. The number of aryl methyl sites for hydroxylation is 1. The molecule has 4 aromatic carbocycles. The van der Waals surface area contributed by atoms with Gasteiger partial charge in [0.2, 0.25) is 5.91 Å². The van der Waals surface area contributed by atoms with Gasteiger partial charge in [0.05, 0.1) is 23.4 Å². The molecule has 2 aliphatic carbocycles. The van der Waals surface area contributed by atoms with Crippen LogP contribution in [0.3, 0.4) is 0 Å². The van der Waals surface area contributed by atoms with Gasteiger partial charge in [-0.25, -0.2) is 0 Å². The van der Waals surface area contributed by atoms with Gasteiger partial charge in [0, 0.05) is 53.9 Å². The van der Waals surface area contributed by atoms with Crippen molar-refractivity contribution < 1.29 is 40.9 Å². The average Bonchev–Trinajstić information content (AvgIpc) is 3.21. The maximum absolute atomic E-state index is 14.2. The minimum absolute atomic E-state index is 0.00868. The molecular weight excluding hydrogens is 789 g/mol. The number of carbonyl (C=O) groups excluding carboxylic acids is 3. The number of hydrogen-bond acceptors (Lipinski definition) is 11. The molecule has 0 spiro atoms. The standard InChI is InChI=1S/C44H54N4O9SSi/c1-5-55-59(4,56-6-2)24-12-23-45-28-40(49)46-27-30-26-32(18-22-37(30)57-38-21-17-29(3)25-39(38)58(52,53)54)48-36-20-19-35(47-31-13-8-7-9-14-31)41-42(36)44(51)34-16-11-10-15-33(34)43(41)50/h10-11,15-22,25-26,31,45,47-48H,5-9,12-14,23-24,27-28H2,1-4H3,(H,46,49)(H,52,53,54). The first-order chi connectivity index (χ1) is 28.3. The van der Waals surface area contributed by atoms with Crippen LogP contribution in [0.5, 0.6) is 11.5 Å². The van der Waals surface area contributed by atoms with Crippen LogP contribution in [0.25, 0.3) is 0 Å². The van der Waals surface area contributed by atoms with Crippen LogP contribution < -0.4 is 26.0 Å². The highest BCUT2D eigenvalue weighted by molar-refractivity contribution is 7.86. The first-order valence-electron chi connectivity index (χ1n) is 20.3. The van der Waals surface area contributed by atoms with Gasteiger partial charge < -0.3 is 34.9 Å². The topological polar surface area (TPSA) is 181 Å². The lowest BCUT2D eigenvalue weighted by Crippen LogP contribution is -2.40. The highest BCUT2D eigenvalue weighted by atomic mass is 32.2. The monoisotopic (exact) mass is 842 g/mol. The maximum atomic E-state index is 14.2. The van der Waals surface area contributed by atoms with Gasteiger partial charge in [-0.15, -0.1) is 0 Å². The van der Waals surface area contributed by atoms with E-state index < -0.39 is 23.6 Å². The Morgan fingerprint density at radius 2 is 1.49 bits per heavy atom. The summed E-state index contributed by atoms with van der Waals surface area (Å²) in [6.45, 7) is 9.43. The van der Waals surface area contributed by atoms with E-state index in [1.165, 1.54) is 18.6 Å². The van der Waals surface area contributed by atoms with Crippen LogP contribution in [0.4, 0.5) is 17.1 Å². The normalized spacial score (nSPS) is 14.4. The first kappa shape index (κ1) is 43.7. The van der Waals surface area contributed by atoms with Crippen LogP contribution in [-0.4, -0.2) is 71.4 Å². The van der Waals surface area contributed by atoms with Crippen molar-refractivity contribution in [3.05, 3.63) is 106 Å². The number of anilines is 3. The molecule has 1 amide bonds. The van der Waals surface area contributed by atoms with E-state index in [-0.39, 0.29) is 53.7 Å². The molecule has 0 unspecified atom stereocenters. The highest BCUT2D eigenvalue weighted by Gasteiger charge is 2.35. The Morgan fingerprint density at radius 3 is 2.15 bits per heavy atom. The van der Waals surface area contributed by atoms with Crippen LogP contribution in [0.15, 0.2) is 77.7 Å². The van der Waals surface area contributed by atoms with Crippen molar-refractivity contribution in [1.82, 2.24) is 10.6 Å². The number of hydrogen-bond donors (Lipinski definition) is 5. The summed E-state index contributed by atoms with van der Waals surface area (Å²) in [5.74, 6) is -0.658. The SMILES string of the molecule is CCO[Si](C)(CCCNCC(=O)NCc1cc(Nc2ccc(NC3CCCCC3)c3c2C(=O)c2ccccc2C3=O)ccc1Oc1ccc(C)cc1S(=O)(=O)O)OCC. The van der Waals surface area contributed by atoms with E-state index in [1.54, 1.807) is 61.5 Å². The van der Waals surface area contributed by atoms with E-state index in [1.807, 2.05) is 26.5 Å². The molecule has 4 aromatic rings. The number of ether oxygens (including phenoxy) is 1. The van der Waals surface area contributed by atoms with Crippen LogP contribution in [0, 0.1) is 6.92 Å². The summed E-state index contributed by atoms with van der Waals surface area (Å²) in [7, 11) is -6.91. The number of rotatable bonds is 19. The number of fused-ring (bicyclic) bond motifs is 2. The molecular formula is C44H54N4O9SSi. The molecule has 1 saturated carbocycles. The molecule has 0 bridgehead atoms. The van der Waals surface area contributed by atoms with Gasteiger partial charge in [-0.3, -0.25) is 18.9 Å². The summed E-state index contributed by atoms with van der Waals surface area (Å²) in [5.41, 5.74) is 3.92. The third kappa shape index (κ3) is 10.8. The number of amides is 1. The van der Waals surface area contributed by atoms with Crippen LogP contribution >= 0.6 is 0 Å². The summed E-state index contributed by atoms with van der Waals surface area (Å²) < 4.78 is 52.6. The number of benzene rings is 4. The molecule has 314 valence electrons. The third-order valence-corrected chi connectivity index (χ3v) is 14.6. The van der Waals surface area contributed by atoms with E-state index in [4.69, 9.17) is 13.6 Å². The quantitative estimate of drug-likeness (QED) is 0.0307. The van der Waals surface area contributed by atoms with Crippen LogP contribution in [0.2, 0.25) is 12.6 Å². The van der Waals surface area contributed by atoms with Crippen LogP contribution in [-0.2, 0) is 30.3 Å². The Balaban J connectivity index is 1.27. The lowest BCUT2D eigenvalue weighted by atomic mass is 9.82. The molecule has 0 saturated heterocycles. The van der Waals surface area contributed by atoms with Gasteiger partial charge in [-0.05, 0) is 107 Å². The van der Waals surface area contributed by atoms with Crippen LogP contribution in [0.1, 0.15) is 95.3 Å². The van der Waals surface area contributed by atoms with Gasteiger partial charge in [-0.2, -0.15) is 8.42 Å². The Kier molecular flexibility index (Phi) is 14.4. The molecule has 0 heterocycles. The second kappa shape index (κ2) is 19.4. The molecule has 0 radical (unpaired) electrons. The van der Waals surface area contributed by atoms with Gasteiger partial charge >= 0.3 is 8.56 Å². The van der Waals surface area contributed by atoms with E-state index in [9.17, 15) is 27.4 Å². The summed E-state index contributed by atoms with van der Waals surface area (Å²) in [4.78, 5) is 41.0. The summed E-state index contributed by atoms with van der Waals surface area (Å²) in [6, 6.07) is 20.9. The predicted octanol–water partition coefficient (Wildman–Crippen LogP) is 8.04. The third-order valence-electron chi connectivity index (χ3n) is 10.6. The predicted molar refractivity (Wildman–Crippen MR) is 230 cm³/mol. The molecule has 1 fully saturated rings. The number of nitrogens with one attached hydrogen (secondary N) is 4. The van der Waals surface area contributed by atoms with Gasteiger partial charge in [0.1, 0.15) is 16.4 Å². The zero-order valence-electron chi connectivity index (χ0n) is 34.1. The lowest BCUT2D eigenvalue weighted by molar-refractivity contribution is -0.120. The van der Waals surface area contributed by atoms with Crippen molar-refractivity contribution in [2.75, 3.05) is 36.9 Å². The smallest absolute Gasteiger partial charge is 0.334 e. The van der Waals surface area contributed by atoms with Gasteiger partial charge in [-0.1, -0.05) is 49.6 Å². The fourth-order valence-corrected chi connectivity index (χ4v) is 10.9. The van der Waals surface area contributed by atoms with E-state index in [2.05, 4.69) is 21.3 Å². The fraction of sp³-hybridized carbons (Fsp3) is 0.386. The molecule has 6 rings (SSSR count). The second-order valence-corrected chi connectivity index (χ2v) is 19.9. The highest BCUT2D eigenvalue weighted by Crippen LogP contribution is 2.40. The van der Waals surface area contributed by atoms with Gasteiger partial charge in [0.15, 0.2) is 11.6 Å². The van der Waals surface area contributed by atoms with Crippen molar-refractivity contribution in [1.29, 1.82) is 0 Å². The molecule has 0 aliphatic heterocycles. The van der Waals surface area contributed by atoms with Crippen molar-refractivity contribution >= 4 is 53.2 Å². The average molecular weight is 843 g/mol. The molecule has 59 heavy (non-hydrogen) atoms. The molecule has 2 aliphatic rings. The first-order valence-corrected chi connectivity index (χ1v) is 24.3. The van der Waals surface area contributed by atoms with E-state index in [0.29, 0.717) is 64.6 Å². The maximum Gasteiger partial charge on any atom is 0.334 e. The zero-order chi connectivity index (χ0) is 42.2. The van der Waals surface area contributed by atoms with Gasteiger partial charge in [0.25, 0.3) is 10.1 Å². The fourth-order valence-electron chi connectivity index (χ4n) is 7.77. The van der Waals surface area contributed by atoms with Crippen molar-refractivity contribution in [2.45, 2.75) is 89.4 Å². The van der Waals surface area contributed by atoms with E-state index in [0.717, 1.165) is 38.1 Å². The van der Waals surface area contributed by atoms with Crippen molar-refractivity contribution in [2.24, 2.45) is 0 Å². The minimum Gasteiger partial charge on any atom is -0.456 e. The van der Waals surface area contributed by atoms with Crippen molar-refractivity contribution in [3.63, 3.8) is 0 Å². The molecule has 0 atom stereocenters. The summed E-state index contributed by atoms with van der Waals surface area (Å²) in [5, 5.41) is 13.0. The summed E-state index contributed by atoms with van der Waals surface area (Å²) in [6.07, 6.45) is 6.11. The second-order valence-electron chi connectivity index (χ2n) is 15.1. The number of carbonyl (C=O) groups is 3. The molecule has 15 heteroatoms. The Bertz CT molecular complexity index is 2290.